The minimum Gasteiger partial charge on any atom is -0.481 e. The molecule has 1 unspecified atom stereocenters. The number of thiocarbonyl (C=S) groups is 1. The van der Waals surface area contributed by atoms with Crippen molar-refractivity contribution < 1.29 is 19.8 Å². The molecule has 0 saturated carbocycles. The molecule has 0 aromatic carbocycles. The van der Waals surface area contributed by atoms with Gasteiger partial charge in [-0.2, -0.15) is 0 Å². The maximum Gasteiger partial charge on any atom is 0.321 e. The Bertz CT molecular complexity index is 286. The molecular formula is C7H11N3O4S. The van der Waals surface area contributed by atoms with Gasteiger partial charge in [0.05, 0.1) is 19.8 Å². The van der Waals surface area contributed by atoms with Crippen molar-refractivity contribution in [3.63, 3.8) is 0 Å². The second kappa shape index (κ2) is 4.89. The summed E-state index contributed by atoms with van der Waals surface area (Å²) < 4.78 is 0. The van der Waals surface area contributed by atoms with Crippen LogP contribution in [0.5, 0.6) is 0 Å². The van der Waals surface area contributed by atoms with Crippen LogP contribution in [0.15, 0.2) is 0 Å². The van der Waals surface area contributed by atoms with Crippen LogP contribution in [0, 0.1) is 0 Å². The second-order valence-corrected chi connectivity index (χ2v) is 3.45. The lowest BCUT2D eigenvalue weighted by molar-refractivity contribution is -0.150. The van der Waals surface area contributed by atoms with Gasteiger partial charge in [-0.25, -0.2) is 0 Å². The molecule has 15 heavy (non-hydrogen) atoms. The van der Waals surface area contributed by atoms with Crippen molar-refractivity contribution in [2.75, 3.05) is 13.3 Å². The Balaban J connectivity index is 2.59. The Kier molecular flexibility index (Phi) is 3.81. The molecule has 1 saturated heterocycles. The molecule has 84 valence electrons. The highest BCUT2D eigenvalue weighted by molar-refractivity contribution is 7.80. The van der Waals surface area contributed by atoms with E-state index >= 15 is 0 Å². The Morgan fingerprint density at radius 2 is 1.93 bits per heavy atom. The third-order valence-electron chi connectivity index (χ3n) is 1.98. The van der Waals surface area contributed by atoms with Gasteiger partial charge in [0, 0.05) is 0 Å². The standard InChI is InChI=1S/C7H11N3O4S/c11-5(12)1-4(6(13)14)10-2-8-7(15)9-3-10/h4H,1-3H2,(H,11,12)(H,13,14)(H2,8,9,15). The summed E-state index contributed by atoms with van der Waals surface area (Å²) in [5.41, 5.74) is 0. The summed E-state index contributed by atoms with van der Waals surface area (Å²) in [6, 6.07) is -1.05. The number of hydrogen-bond acceptors (Lipinski definition) is 4. The number of rotatable bonds is 4. The minimum absolute atomic E-state index is 0.232. The van der Waals surface area contributed by atoms with Crippen LogP contribution in [0.1, 0.15) is 6.42 Å². The highest BCUT2D eigenvalue weighted by Crippen LogP contribution is 2.05. The van der Waals surface area contributed by atoms with E-state index in [9.17, 15) is 9.59 Å². The average molecular weight is 233 g/mol. The van der Waals surface area contributed by atoms with Crippen molar-refractivity contribution in [3.05, 3.63) is 0 Å². The minimum atomic E-state index is -1.16. The average Bonchev–Trinajstić information content (AvgIpc) is 2.15. The van der Waals surface area contributed by atoms with E-state index in [2.05, 4.69) is 10.6 Å². The molecule has 0 bridgehead atoms. The van der Waals surface area contributed by atoms with Crippen molar-refractivity contribution >= 4 is 29.3 Å². The van der Waals surface area contributed by atoms with E-state index in [-0.39, 0.29) is 13.3 Å². The van der Waals surface area contributed by atoms with Gasteiger partial charge in [0.2, 0.25) is 0 Å². The van der Waals surface area contributed by atoms with Gasteiger partial charge in [0.15, 0.2) is 5.11 Å². The summed E-state index contributed by atoms with van der Waals surface area (Å²) in [6.45, 7) is 0.464. The fraction of sp³-hybridized carbons (Fsp3) is 0.571. The predicted octanol–water partition coefficient (Wildman–Crippen LogP) is -1.39. The zero-order valence-corrected chi connectivity index (χ0v) is 8.58. The Morgan fingerprint density at radius 3 is 2.33 bits per heavy atom. The zero-order valence-electron chi connectivity index (χ0n) is 7.77. The first-order valence-corrected chi connectivity index (χ1v) is 4.62. The molecular weight excluding hydrogens is 222 g/mol. The van der Waals surface area contributed by atoms with Crippen LogP contribution >= 0.6 is 12.2 Å². The lowest BCUT2D eigenvalue weighted by Crippen LogP contribution is -2.59. The number of carbonyl (C=O) groups is 2. The van der Waals surface area contributed by atoms with Crippen LogP contribution in [-0.4, -0.2) is 51.5 Å². The summed E-state index contributed by atoms with van der Waals surface area (Å²) >= 11 is 4.79. The second-order valence-electron chi connectivity index (χ2n) is 3.04. The molecule has 0 radical (unpaired) electrons. The number of nitrogens with one attached hydrogen (secondary N) is 2. The lowest BCUT2D eigenvalue weighted by atomic mass is 10.2. The molecule has 1 aliphatic rings. The summed E-state index contributed by atoms with van der Waals surface area (Å²) in [6.07, 6.45) is -0.439. The maximum atomic E-state index is 10.8. The van der Waals surface area contributed by atoms with E-state index in [1.54, 1.807) is 0 Å². The molecule has 8 heteroatoms. The number of carboxylic acid groups (broad SMARTS) is 2. The third kappa shape index (κ3) is 3.33. The predicted molar refractivity (Wildman–Crippen MR) is 54.1 cm³/mol. The number of nitrogens with zero attached hydrogens (tertiary/aromatic N) is 1. The monoisotopic (exact) mass is 233 g/mol. The Hall–Kier alpha value is -1.41. The summed E-state index contributed by atoms with van der Waals surface area (Å²) in [4.78, 5) is 22.7. The molecule has 0 aliphatic carbocycles. The maximum absolute atomic E-state index is 10.8. The van der Waals surface area contributed by atoms with Gasteiger partial charge >= 0.3 is 11.9 Å². The molecule has 0 aromatic heterocycles. The molecule has 0 aromatic rings. The first-order chi connectivity index (χ1) is 7.00. The lowest BCUT2D eigenvalue weighted by Gasteiger charge is -2.33. The number of carboxylic acids is 2. The third-order valence-corrected chi connectivity index (χ3v) is 2.27. The first-order valence-electron chi connectivity index (χ1n) is 4.21. The van der Waals surface area contributed by atoms with Gasteiger partial charge in [-0.15, -0.1) is 0 Å². The molecule has 7 nitrogen and oxygen atoms in total. The van der Waals surface area contributed by atoms with Crippen LogP contribution in [0.4, 0.5) is 0 Å². The van der Waals surface area contributed by atoms with E-state index in [0.717, 1.165) is 0 Å². The molecule has 1 aliphatic heterocycles. The van der Waals surface area contributed by atoms with Crippen molar-refractivity contribution in [3.8, 4) is 0 Å². The molecule has 1 heterocycles. The zero-order chi connectivity index (χ0) is 11.4. The van der Waals surface area contributed by atoms with Crippen molar-refractivity contribution in [1.29, 1.82) is 0 Å². The molecule has 1 fully saturated rings. The largest absolute Gasteiger partial charge is 0.481 e. The molecule has 4 N–H and O–H groups in total. The van der Waals surface area contributed by atoms with E-state index in [1.807, 2.05) is 0 Å². The van der Waals surface area contributed by atoms with Crippen LogP contribution < -0.4 is 10.6 Å². The van der Waals surface area contributed by atoms with Crippen molar-refractivity contribution in [2.45, 2.75) is 12.5 Å². The van der Waals surface area contributed by atoms with Gasteiger partial charge in [-0.05, 0) is 12.2 Å². The Morgan fingerprint density at radius 1 is 1.40 bits per heavy atom. The summed E-state index contributed by atoms with van der Waals surface area (Å²) in [5.74, 6) is -2.30. The topological polar surface area (TPSA) is 102 Å². The molecule has 0 amide bonds. The van der Waals surface area contributed by atoms with Gasteiger partial charge in [0.25, 0.3) is 0 Å². The van der Waals surface area contributed by atoms with Crippen LogP contribution in [0.2, 0.25) is 0 Å². The number of hydrogen-bond donors (Lipinski definition) is 4. The van der Waals surface area contributed by atoms with Gasteiger partial charge in [-0.1, -0.05) is 0 Å². The normalized spacial score (nSPS) is 18.8. The summed E-state index contributed by atoms with van der Waals surface area (Å²) in [7, 11) is 0. The SMILES string of the molecule is O=C(O)CC(C(=O)O)N1CNC(=S)NC1. The van der Waals surface area contributed by atoms with E-state index in [0.29, 0.717) is 5.11 Å². The molecule has 0 spiro atoms. The van der Waals surface area contributed by atoms with Crippen LogP contribution in [-0.2, 0) is 9.59 Å². The van der Waals surface area contributed by atoms with Gasteiger partial charge in [-0.3, -0.25) is 14.5 Å². The van der Waals surface area contributed by atoms with E-state index in [4.69, 9.17) is 22.4 Å². The first kappa shape index (κ1) is 11.7. The molecule has 1 rings (SSSR count). The fourth-order valence-corrected chi connectivity index (χ4v) is 1.35. The van der Waals surface area contributed by atoms with E-state index < -0.39 is 24.4 Å². The fourth-order valence-electron chi connectivity index (χ4n) is 1.22. The van der Waals surface area contributed by atoms with Crippen molar-refractivity contribution in [1.82, 2.24) is 15.5 Å². The highest BCUT2D eigenvalue weighted by atomic mass is 32.1. The molecule has 1 atom stereocenters. The van der Waals surface area contributed by atoms with Crippen LogP contribution in [0.3, 0.4) is 0 Å². The summed E-state index contributed by atoms with van der Waals surface area (Å²) in [5, 5.41) is 23.3. The van der Waals surface area contributed by atoms with Gasteiger partial charge < -0.3 is 20.8 Å². The van der Waals surface area contributed by atoms with Gasteiger partial charge in [0.1, 0.15) is 6.04 Å². The van der Waals surface area contributed by atoms with E-state index in [1.165, 1.54) is 4.90 Å². The van der Waals surface area contributed by atoms with Crippen molar-refractivity contribution in [2.24, 2.45) is 0 Å². The Labute approximate surface area is 91.1 Å². The van der Waals surface area contributed by atoms with Crippen LogP contribution in [0.25, 0.3) is 0 Å². The highest BCUT2D eigenvalue weighted by Gasteiger charge is 2.29. The quantitative estimate of drug-likeness (QED) is 0.440. The number of aliphatic carboxylic acids is 2. The smallest absolute Gasteiger partial charge is 0.321 e.